The van der Waals surface area contributed by atoms with Crippen LogP contribution < -0.4 is 10.7 Å². The van der Waals surface area contributed by atoms with Gasteiger partial charge in [0.05, 0.1) is 18.6 Å². The molecule has 160 valence electrons. The van der Waals surface area contributed by atoms with Gasteiger partial charge in [0.1, 0.15) is 17.6 Å². The highest BCUT2D eigenvalue weighted by molar-refractivity contribution is 5.87. The number of H-pyrrole nitrogens is 1. The maximum absolute atomic E-state index is 12.5. The Morgan fingerprint density at radius 3 is 2.77 bits per heavy atom. The van der Waals surface area contributed by atoms with Crippen molar-refractivity contribution in [2.75, 3.05) is 0 Å². The van der Waals surface area contributed by atoms with Crippen LogP contribution in [0.15, 0.2) is 64.5 Å². The molecular weight excluding hydrogens is 408 g/mol. The SMILES string of the molecule is O=C(N[C@@H](Cc1cnc[nH]1)C(=O)N/N=C\c1ccc([N+](=O)[O-])o1)OCc1ccccc1. The Morgan fingerprint density at radius 2 is 2.10 bits per heavy atom. The highest BCUT2D eigenvalue weighted by Gasteiger charge is 2.22. The van der Waals surface area contributed by atoms with Crippen LogP contribution in [0.2, 0.25) is 0 Å². The van der Waals surface area contributed by atoms with E-state index in [-0.39, 0.29) is 18.8 Å². The van der Waals surface area contributed by atoms with Gasteiger partial charge in [-0.1, -0.05) is 30.3 Å². The second-order valence-electron chi connectivity index (χ2n) is 6.21. The molecule has 2 heterocycles. The van der Waals surface area contributed by atoms with Crippen LogP contribution in [0.4, 0.5) is 10.7 Å². The normalized spacial score (nSPS) is 11.7. The number of aromatic amines is 1. The first kappa shape index (κ1) is 21.2. The Labute approximate surface area is 175 Å². The second kappa shape index (κ2) is 10.3. The fourth-order valence-corrected chi connectivity index (χ4v) is 2.48. The molecule has 3 N–H and O–H groups in total. The van der Waals surface area contributed by atoms with Crippen molar-refractivity contribution in [1.29, 1.82) is 0 Å². The topological polar surface area (TPSA) is 165 Å². The number of alkyl carbamates (subject to hydrolysis) is 1. The number of carbonyl (C=O) groups excluding carboxylic acids is 2. The van der Waals surface area contributed by atoms with E-state index in [0.717, 1.165) is 17.8 Å². The Hall–Kier alpha value is -4.48. The molecule has 0 radical (unpaired) electrons. The number of nitrogens with zero attached hydrogens (tertiary/aromatic N) is 3. The molecule has 0 bridgehead atoms. The average Bonchev–Trinajstić information content (AvgIpc) is 3.45. The zero-order valence-corrected chi connectivity index (χ0v) is 16.1. The Morgan fingerprint density at radius 1 is 1.29 bits per heavy atom. The third-order valence-electron chi connectivity index (χ3n) is 3.96. The molecule has 0 aliphatic rings. The molecule has 0 fully saturated rings. The van der Waals surface area contributed by atoms with Gasteiger partial charge in [0.25, 0.3) is 5.91 Å². The minimum Gasteiger partial charge on any atom is -0.445 e. The molecule has 2 amide bonds. The number of hydrogen-bond donors (Lipinski definition) is 3. The number of aromatic nitrogens is 2. The highest BCUT2D eigenvalue weighted by atomic mass is 16.6. The van der Waals surface area contributed by atoms with Gasteiger partial charge >= 0.3 is 12.0 Å². The van der Waals surface area contributed by atoms with Crippen molar-refractivity contribution >= 4 is 24.1 Å². The molecule has 0 aliphatic heterocycles. The van der Waals surface area contributed by atoms with Crippen LogP contribution in [0.5, 0.6) is 0 Å². The van der Waals surface area contributed by atoms with Crippen LogP contribution in [0.1, 0.15) is 17.0 Å². The molecule has 31 heavy (non-hydrogen) atoms. The van der Waals surface area contributed by atoms with Gasteiger partial charge in [-0.25, -0.2) is 15.2 Å². The molecule has 3 aromatic rings. The summed E-state index contributed by atoms with van der Waals surface area (Å²) < 4.78 is 10.1. The lowest BCUT2D eigenvalue weighted by Gasteiger charge is -2.16. The van der Waals surface area contributed by atoms with Crippen molar-refractivity contribution in [3.63, 3.8) is 0 Å². The summed E-state index contributed by atoms with van der Waals surface area (Å²) in [5.41, 5.74) is 3.66. The molecule has 12 nitrogen and oxygen atoms in total. The van der Waals surface area contributed by atoms with E-state index < -0.39 is 28.8 Å². The maximum Gasteiger partial charge on any atom is 0.433 e. The smallest absolute Gasteiger partial charge is 0.433 e. The van der Waals surface area contributed by atoms with Crippen LogP contribution >= 0.6 is 0 Å². The number of nitro groups is 1. The number of nitrogens with one attached hydrogen (secondary N) is 3. The number of amides is 2. The lowest BCUT2D eigenvalue weighted by molar-refractivity contribution is -0.402. The zero-order valence-electron chi connectivity index (χ0n) is 16.1. The summed E-state index contributed by atoms with van der Waals surface area (Å²) >= 11 is 0. The minimum absolute atomic E-state index is 0.0422. The number of hydrogen-bond acceptors (Lipinski definition) is 8. The molecule has 1 aromatic carbocycles. The van der Waals surface area contributed by atoms with E-state index in [9.17, 15) is 19.7 Å². The number of imidazole rings is 1. The number of hydrazone groups is 1. The van der Waals surface area contributed by atoms with Crippen LogP contribution in [0.3, 0.4) is 0 Å². The molecular formula is C19H18N6O6. The number of carbonyl (C=O) groups is 2. The monoisotopic (exact) mass is 426 g/mol. The van der Waals surface area contributed by atoms with E-state index in [1.165, 1.54) is 18.6 Å². The number of furan rings is 1. The van der Waals surface area contributed by atoms with E-state index >= 15 is 0 Å². The van der Waals surface area contributed by atoms with Crippen molar-refractivity contribution in [1.82, 2.24) is 20.7 Å². The van der Waals surface area contributed by atoms with Crippen molar-refractivity contribution in [2.45, 2.75) is 19.1 Å². The molecule has 0 saturated carbocycles. The van der Waals surface area contributed by atoms with Crippen LogP contribution in [-0.4, -0.2) is 39.1 Å². The van der Waals surface area contributed by atoms with Crippen molar-refractivity contribution in [3.8, 4) is 0 Å². The molecule has 0 unspecified atom stereocenters. The lowest BCUT2D eigenvalue weighted by atomic mass is 10.1. The minimum atomic E-state index is -1.02. The molecule has 0 spiro atoms. The molecule has 0 aliphatic carbocycles. The molecule has 3 rings (SSSR count). The lowest BCUT2D eigenvalue weighted by Crippen LogP contribution is -2.47. The van der Waals surface area contributed by atoms with Crippen molar-refractivity contribution in [2.24, 2.45) is 5.10 Å². The van der Waals surface area contributed by atoms with Crippen molar-refractivity contribution < 1.29 is 23.7 Å². The largest absolute Gasteiger partial charge is 0.445 e. The summed E-state index contributed by atoms with van der Waals surface area (Å²) in [6.45, 7) is 0.0422. The Balaban J connectivity index is 1.58. The summed E-state index contributed by atoms with van der Waals surface area (Å²) in [6.07, 6.45) is 3.39. The van der Waals surface area contributed by atoms with Gasteiger partial charge < -0.3 is 19.5 Å². The van der Waals surface area contributed by atoms with Gasteiger partial charge in [-0.3, -0.25) is 14.9 Å². The van der Waals surface area contributed by atoms with E-state index in [4.69, 9.17) is 9.15 Å². The molecule has 1 atom stereocenters. The van der Waals surface area contributed by atoms with Gasteiger partial charge in [0.15, 0.2) is 5.76 Å². The number of ether oxygens (including phenoxy) is 1. The van der Waals surface area contributed by atoms with Crippen LogP contribution in [-0.2, 0) is 22.6 Å². The molecule has 0 saturated heterocycles. The van der Waals surface area contributed by atoms with Crippen molar-refractivity contribution in [3.05, 3.63) is 82.1 Å². The zero-order chi connectivity index (χ0) is 22.1. The summed E-state index contributed by atoms with van der Waals surface area (Å²) in [7, 11) is 0. The summed E-state index contributed by atoms with van der Waals surface area (Å²) in [5.74, 6) is -1.01. The Kier molecular flexibility index (Phi) is 7.08. The molecule has 12 heteroatoms. The van der Waals surface area contributed by atoms with Gasteiger partial charge in [0, 0.05) is 18.3 Å². The second-order valence-corrected chi connectivity index (χ2v) is 6.21. The first-order chi connectivity index (χ1) is 15.0. The number of rotatable bonds is 9. The fourth-order valence-electron chi connectivity index (χ4n) is 2.48. The van der Waals surface area contributed by atoms with Gasteiger partial charge in [0.2, 0.25) is 0 Å². The first-order valence-corrected chi connectivity index (χ1v) is 9.03. The number of benzene rings is 1. The average molecular weight is 426 g/mol. The summed E-state index contributed by atoms with van der Waals surface area (Å²) in [5, 5.41) is 16.8. The maximum atomic E-state index is 12.5. The standard InChI is InChI=1S/C19H18N6O6/c26-18(24-22-10-15-6-7-17(31-15)25(28)29)16(8-14-9-20-12-21-14)23-19(27)30-11-13-4-2-1-3-5-13/h1-7,9-10,12,16H,8,11H2,(H,20,21)(H,23,27)(H,24,26)/b22-10-/t16-/m0/s1. The Bertz CT molecular complexity index is 1050. The highest BCUT2D eigenvalue weighted by Crippen LogP contribution is 2.13. The summed E-state index contributed by atoms with van der Waals surface area (Å²) in [6, 6.07) is 10.5. The van der Waals surface area contributed by atoms with Gasteiger partial charge in [-0.15, -0.1) is 0 Å². The van der Waals surface area contributed by atoms with E-state index in [1.54, 1.807) is 12.1 Å². The van der Waals surface area contributed by atoms with E-state index in [0.29, 0.717) is 5.69 Å². The van der Waals surface area contributed by atoms with Gasteiger partial charge in [-0.2, -0.15) is 5.10 Å². The fraction of sp³-hybridized carbons (Fsp3) is 0.158. The van der Waals surface area contributed by atoms with Gasteiger partial charge in [-0.05, 0) is 11.6 Å². The van der Waals surface area contributed by atoms with E-state index in [1.807, 2.05) is 18.2 Å². The quantitative estimate of drug-likeness (QED) is 0.267. The third kappa shape index (κ3) is 6.52. The molecule has 2 aromatic heterocycles. The first-order valence-electron chi connectivity index (χ1n) is 9.03. The van der Waals surface area contributed by atoms with Crippen LogP contribution in [0.25, 0.3) is 0 Å². The summed E-state index contributed by atoms with van der Waals surface area (Å²) in [4.78, 5) is 41.3. The van der Waals surface area contributed by atoms with Crippen LogP contribution in [0, 0.1) is 10.1 Å². The predicted octanol–water partition coefficient (Wildman–Crippen LogP) is 1.90. The third-order valence-corrected chi connectivity index (χ3v) is 3.96. The predicted molar refractivity (Wildman–Crippen MR) is 107 cm³/mol. The van der Waals surface area contributed by atoms with E-state index in [2.05, 4.69) is 25.8 Å².